The molecule has 5 rings (SSSR count). The van der Waals surface area contributed by atoms with Gasteiger partial charge in [0.05, 0.1) is 17.4 Å². The van der Waals surface area contributed by atoms with Crippen molar-refractivity contribution in [1.29, 1.82) is 0 Å². The summed E-state index contributed by atoms with van der Waals surface area (Å²) < 4.78 is 6.77. The summed E-state index contributed by atoms with van der Waals surface area (Å²) in [4.78, 5) is 43.5. The minimum atomic E-state index is -1.06. The molecule has 3 fully saturated rings. The van der Waals surface area contributed by atoms with Crippen molar-refractivity contribution in [2.75, 3.05) is 18.5 Å². The molecule has 0 saturated carbocycles. The minimum Gasteiger partial charge on any atom is -0.396 e. The second kappa shape index (κ2) is 11.1. The molecule has 3 saturated heterocycles. The molecule has 2 aromatic rings. The third kappa shape index (κ3) is 4.85. The van der Waals surface area contributed by atoms with Crippen molar-refractivity contribution in [1.82, 2.24) is 10.2 Å². The van der Waals surface area contributed by atoms with Crippen molar-refractivity contribution in [3.8, 4) is 0 Å². The van der Waals surface area contributed by atoms with Gasteiger partial charge in [-0.2, -0.15) is 0 Å². The van der Waals surface area contributed by atoms with E-state index in [-0.39, 0.29) is 30.2 Å². The molecule has 2 aromatic carbocycles. The number of ether oxygens (including phenoxy) is 1. The number of likely N-dealkylation sites (tertiary alicyclic amines) is 1. The maximum atomic E-state index is 14.1. The Hall–Kier alpha value is -3.23. The molecule has 3 N–H and O–H groups in total. The molecule has 208 valence electrons. The number of para-hydroxylation sites is 1. The van der Waals surface area contributed by atoms with E-state index < -0.39 is 29.1 Å². The average molecular weight is 534 g/mol. The molecule has 3 aliphatic heterocycles. The maximum absolute atomic E-state index is 14.1. The number of nitrogens with one attached hydrogen (secondary N) is 2. The Morgan fingerprint density at radius 3 is 2.36 bits per heavy atom. The summed E-state index contributed by atoms with van der Waals surface area (Å²) in [6, 6.07) is 18.1. The lowest BCUT2D eigenvalue weighted by Gasteiger charge is -2.36. The van der Waals surface area contributed by atoms with E-state index >= 15 is 0 Å². The Morgan fingerprint density at radius 1 is 1.00 bits per heavy atom. The van der Waals surface area contributed by atoms with Crippen LogP contribution in [0.4, 0.5) is 5.69 Å². The van der Waals surface area contributed by atoms with Gasteiger partial charge in [-0.05, 0) is 49.8 Å². The first-order valence-corrected chi connectivity index (χ1v) is 14.1. The van der Waals surface area contributed by atoms with Crippen LogP contribution >= 0.6 is 0 Å². The molecule has 3 amide bonds. The monoisotopic (exact) mass is 533 g/mol. The zero-order valence-corrected chi connectivity index (χ0v) is 22.8. The minimum absolute atomic E-state index is 0.0120. The number of unbranched alkanes of at least 4 members (excludes halogenated alkanes) is 3. The molecule has 2 bridgehead atoms. The smallest absolute Gasteiger partial charge is 0.246 e. The SMILES string of the molecule is CC1CC23O[C@]1(C)[C@@H](C(=O)Nc1ccccc1)[C@H]2C(=O)N(CCCCCCO)C3C(=O)NCc1ccccc1. The van der Waals surface area contributed by atoms with Crippen molar-refractivity contribution in [2.45, 2.75) is 69.7 Å². The molecule has 6 atom stereocenters. The quantitative estimate of drug-likeness (QED) is 0.383. The largest absolute Gasteiger partial charge is 0.396 e. The lowest BCUT2D eigenvalue weighted by Crippen LogP contribution is -2.55. The highest BCUT2D eigenvalue weighted by Gasteiger charge is 2.79. The van der Waals surface area contributed by atoms with E-state index in [0.717, 1.165) is 18.4 Å². The Kier molecular flexibility index (Phi) is 7.78. The number of aliphatic hydroxyl groups excluding tert-OH is 1. The van der Waals surface area contributed by atoms with Gasteiger partial charge in [-0.3, -0.25) is 14.4 Å². The average Bonchev–Trinajstić information content (AvgIpc) is 3.45. The second-order valence-corrected chi connectivity index (χ2v) is 11.4. The van der Waals surface area contributed by atoms with E-state index in [2.05, 4.69) is 17.6 Å². The van der Waals surface area contributed by atoms with Gasteiger partial charge in [0.1, 0.15) is 11.6 Å². The van der Waals surface area contributed by atoms with Gasteiger partial charge in [-0.25, -0.2) is 0 Å². The summed E-state index contributed by atoms with van der Waals surface area (Å²) in [6.07, 6.45) is 3.66. The molecule has 3 heterocycles. The van der Waals surface area contributed by atoms with Crippen molar-refractivity contribution < 1.29 is 24.2 Å². The number of rotatable bonds is 11. The van der Waals surface area contributed by atoms with Gasteiger partial charge >= 0.3 is 0 Å². The van der Waals surface area contributed by atoms with E-state index in [1.165, 1.54) is 0 Å². The first kappa shape index (κ1) is 27.3. The van der Waals surface area contributed by atoms with Crippen LogP contribution in [0.1, 0.15) is 51.5 Å². The van der Waals surface area contributed by atoms with Gasteiger partial charge in [-0.1, -0.05) is 68.3 Å². The summed E-state index contributed by atoms with van der Waals surface area (Å²) in [5, 5.41) is 15.2. The van der Waals surface area contributed by atoms with E-state index in [4.69, 9.17) is 9.84 Å². The highest BCUT2D eigenvalue weighted by molar-refractivity contribution is 6.02. The van der Waals surface area contributed by atoms with Gasteiger partial charge in [0.2, 0.25) is 17.7 Å². The summed E-state index contributed by atoms with van der Waals surface area (Å²) in [7, 11) is 0. The van der Waals surface area contributed by atoms with Gasteiger partial charge in [0.25, 0.3) is 0 Å². The number of aliphatic hydroxyl groups is 1. The number of anilines is 1. The molecule has 3 aliphatic rings. The number of carbonyl (C=O) groups excluding carboxylic acids is 3. The van der Waals surface area contributed by atoms with Crippen LogP contribution in [-0.4, -0.2) is 58.1 Å². The summed E-state index contributed by atoms with van der Waals surface area (Å²) in [6.45, 7) is 4.87. The van der Waals surface area contributed by atoms with Gasteiger partial charge in [0.15, 0.2) is 0 Å². The van der Waals surface area contributed by atoms with E-state index in [1.54, 1.807) is 4.90 Å². The third-order valence-corrected chi connectivity index (χ3v) is 9.00. The maximum Gasteiger partial charge on any atom is 0.246 e. The van der Waals surface area contributed by atoms with E-state index in [1.807, 2.05) is 67.6 Å². The molecule has 0 aromatic heterocycles. The molecular formula is C31H39N3O5. The number of amides is 3. The number of nitrogens with zero attached hydrogens (tertiary/aromatic N) is 1. The topological polar surface area (TPSA) is 108 Å². The Morgan fingerprint density at radius 2 is 1.67 bits per heavy atom. The van der Waals surface area contributed by atoms with Crippen LogP contribution in [0.25, 0.3) is 0 Å². The van der Waals surface area contributed by atoms with E-state index in [9.17, 15) is 14.4 Å². The Labute approximate surface area is 230 Å². The van der Waals surface area contributed by atoms with Crippen LogP contribution in [0, 0.1) is 17.8 Å². The van der Waals surface area contributed by atoms with Gasteiger partial charge in [0, 0.05) is 25.4 Å². The molecule has 0 radical (unpaired) electrons. The zero-order chi connectivity index (χ0) is 27.6. The third-order valence-electron chi connectivity index (χ3n) is 9.00. The summed E-state index contributed by atoms with van der Waals surface area (Å²) in [5.74, 6) is -2.12. The van der Waals surface area contributed by atoms with Crippen LogP contribution in [-0.2, 0) is 25.7 Å². The lowest BCUT2D eigenvalue weighted by atomic mass is 9.62. The first-order chi connectivity index (χ1) is 18.8. The Balaban J connectivity index is 1.44. The van der Waals surface area contributed by atoms with Crippen molar-refractivity contribution in [2.24, 2.45) is 17.8 Å². The molecule has 8 heteroatoms. The van der Waals surface area contributed by atoms with Crippen LogP contribution in [0.5, 0.6) is 0 Å². The number of hydrogen-bond donors (Lipinski definition) is 3. The normalized spacial score (nSPS) is 30.8. The highest BCUT2D eigenvalue weighted by atomic mass is 16.5. The van der Waals surface area contributed by atoms with Crippen LogP contribution < -0.4 is 10.6 Å². The van der Waals surface area contributed by atoms with Crippen LogP contribution in [0.2, 0.25) is 0 Å². The molecule has 39 heavy (non-hydrogen) atoms. The number of hydrogen-bond acceptors (Lipinski definition) is 5. The molecular weight excluding hydrogens is 494 g/mol. The predicted octanol–water partition coefficient (Wildman–Crippen LogP) is 3.50. The Bertz CT molecular complexity index is 1190. The highest BCUT2D eigenvalue weighted by Crippen LogP contribution is 2.65. The standard InChI is InChI=1S/C31H39N3O5/c1-21-19-31-25(24(30(21,2)39-31)27(36)33-23-15-9-6-10-16-23)29(38)34(17-11-3-4-12-18-35)26(31)28(37)32-20-22-13-7-5-8-14-22/h5-10,13-16,21,24-26,35H,3-4,11-12,17-20H2,1-2H3,(H,32,37)(H,33,36)/t21?,24-,25+,26?,30+,31?/m1/s1. The zero-order valence-electron chi connectivity index (χ0n) is 22.8. The fraction of sp³-hybridized carbons (Fsp3) is 0.516. The van der Waals surface area contributed by atoms with E-state index in [0.29, 0.717) is 38.0 Å². The summed E-state index contributed by atoms with van der Waals surface area (Å²) >= 11 is 0. The lowest BCUT2D eigenvalue weighted by molar-refractivity contribution is -0.146. The summed E-state index contributed by atoms with van der Waals surface area (Å²) in [5.41, 5.74) is -0.282. The number of fused-ring (bicyclic) bond motifs is 1. The molecule has 3 unspecified atom stereocenters. The van der Waals surface area contributed by atoms with Gasteiger partial charge in [-0.15, -0.1) is 0 Å². The predicted molar refractivity (Wildman–Crippen MR) is 147 cm³/mol. The van der Waals surface area contributed by atoms with Gasteiger partial charge < -0.3 is 25.4 Å². The molecule has 0 aliphatic carbocycles. The fourth-order valence-corrected chi connectivity index (χ4v) is 7.05. The first-order valence-electron chi connectivity index (χ1n) is 14.1. The number of benzene rings is 2. The van der Waals surface area contributed by atoms with Crippen LogP contribution in [0.3, 0.4) is 0 Å². The number of carbonyl (C=O) groups is 3. The molecule has 1 spiro atoms. The molecule has 8 nitrogen and oxygen atoms in total. The fourth-order valence-electron chi connectivity index (χ4n) is 7.05. The second-order valence-electron chi connectivity index (χ2n) is 11.4. The van der Waals surface area contributed by atoms with Crippen LogP contribution in [0.15, 0.2) is 60.7 Å². The van der Waals surface area contributed by atoms with Crippen molar-refractivity contribution in [3.05, 3.63) is 66.2 Å². The van der Waals surface area contributed by atoms with Crippen molar-refractivity contribution in [3.63, 3.8) is 0 Å². The van der Waals surface area contributed by atoms with Crippen molar-refractivity contribution >= 4 is 23.4 Å².